The molecule has 0 heterocycles. The van der Waals surface area contributed by atoms with Crippen LogP contribution in [0.4, 0.5) is 0 Å². The third kappa shape index (κ3) is 157. The van der Waals surface area contributed by atoms with E-state index in [1.807, 2.05) is 13.8 Å². The fraction of sp³-hybridized carbons (Fsp3) is 0.500. The van der Waals surface area contributed by atoms with Gasteiger partial charge in [0, 0.05) is 20.4 Å². The molecule has 0 aromatic rings. The second-order valence-electron chi connectivity index (χ2n) is 1.21. The summed E-state index contributed by atoms with van der Waals surface area (Å²) in [7, 11) is 0. The molecule has 0 unspecified atom stereocenters. The Labute approximate surface area is 46.9 Å². The molecule has 5 heavy (non-hydrogen) atoms. The van der Waals surface area contributed by atoms with E-state index >= 15 is 0 Å². The first-order chi connectivity index (χ1) is 1.73. The standard InChI is InChI=1S/C4H8.Pd/c1-4(2)3;/h1H2,2-3H3;. The Morgan fingerprint density at radius 1 is 1.40 bits per heavy atom. The van der Waals surface area contributed by atoms with Crippen molar-refractivity contribution in [2.24, 2.45) is 0 Å². The fourth-order valence-corrected chi connectivity index (χ4v) is 0. The quantitative estimate of drug-likeness (QED) is 0.375. The molecule has 34 valence electrons. The monoisotopic (exact) mass is 162 g/mol. The van der Waals surface area contributed by atoms with Crippen LogP contribution in [0.3, 0.4) is 0 Å². The third-order valence-electron chi connectivity index (χ3n) is 0. The van der Waals surface area contributed by atoms with Gasteiger partial charge in [0.25, 0.3) is 0 Å². The Balaban J connectivity index is 0. The zero-order valence-electron chi connectivity index (χ0n) is 3.52. The Kier molecular flexibility index (Phi) is 7.96. The van der Waals surface area contributed by atoms with Gasteiger partial charge in [0.1, 0.15) is 0 Å². The van der Waals surface area contributed by atoms with Gasteiger partial charge < -0.3 is 0 Å². The molecule has 0 saturated heterocycles. The maximum atomic E-state index is 3.56. The first kappa shape index (κ1) is 9.04. The van der Waals surface area contributed by atoms with Gasteiger partial charge in [0.05, 0.1) is 0 Å². The van der Waals surface area contributed by atoms with Crippen molar-refractivity contribution >= 4 is 0 Å². The van der Waals surface area contributed by atoms with Gasteiger partial charge in [0.15, 0.2) is 0 Å². The van der Waals surface area contributed by atoms with Crippen LogP contribution in [0.1, 0.15) is 13.8 Å². The number of rotatable bonds is 0. The molecule has 0 rings (SSSR count). The maximum Gasteiger partial charge on any atom is 0 e. The van der Waals surface area contributed by atoms with Crippen LogP contribution in [-0.4, -0.2) is 0 Å². The van der Waals surface area contributed by atoms with E-state index in [9.17, 15) is 0 Å². The molecule has 0 aliphatic heterocycles. The first-order valence-corrected chi connectivity index (χ1v) is 1.35. The fourth-order valence-electron chi connectivity index (χ4n) is 0. The molecule has 0 aromatic carbocycles. The Bertz CT molecular complexity index is 26.6. The molecule has 0 aromatic heterocycles. The summed E-state index contributed by atoms with van der Waals surface area (Å²) < 4.78 is 0. The van der Waals surface area contributed by atoms with Crippen molar-refractivity contribution in [3.8, 4) is 0 Å². The van der Waals surface area contributed by atoms with Gasteiger partial charge in [-0.25, -0.2) is 0 Å². The molecule has 0 bridgehead atoms. The Hall–Kier alpha value is 0.402. The van der Waals surface area contributed by atoms with E-state index in [-0.39, 0.29) is 20.4 Å². The van der Waals surface area contributed by atoms with Crippen LogP contribution in [0.2, 0.25) is 0 Å². The molecule has 0 fully saturated rings. The van der Waals surface area contributed by atoms with Crippen LogP contribution in [0.25, 0.3) is 0 Å². The summed E-state index contributed by atoms with van der Waals surface area (Å²) in [5.41, 5.74) is 1.17. The van der Waals surface area contributed by atoms with Gasteiger partial charge in [0.2, 0.25) is 0 Å². The van der Waals surface area contributed by atoms with Crippen molar-refractivity contribution in [1.29, 1.82) is 0 Å². The molecule has 0 aliphatic carbocycles. The zero-order chi connectivity index (χ0) is 3.58. The molecule has 0 radical (unpaired) electrons. The topological polar surface area (TPSA) is 0 Å². The number of hydrogen-bond donors (Lipinski definition) is 0. The van der Waals surface area contributed by atoms with E-state index in [1.54, 1.807) is 0 Å². The van der Waals surface area contributed by atoms with Crippen LogP contribution < -0.4 is 0 Å². The summed E-state index contributed by atoms with van der Waals surface area (Å²) in [5, 5.41) is 0. The molecular formula is C4H8Pd. The van der Waals surface area contributed by atoms with E-state index in [0.29, 0.717) is 0 Å². The zero-order valence-corrected chi connectivity index (χ0v) is 5.08. The van der Waals surface area contributed by atoms with Gasteiger partial charge in [-0.3, -0.25) is 0 Å². The minimum Gasteiger partial charge on any atom is -0.100 e. The van der Waals surface area contributed by atoms with Crippen molar-refractivity contribution in [3.05, 3.63) is 12.2 Å². The van der Waals surface area contributed by atoms with Crippen molar-refractivity contribution in [1.82, 2.24) is 0 Å². The van der Waals surface area contributed by atoms with Crippen LogP contribution in [0, 0.1) is 0 Å². The maximum absolute atomic E-state index is 3.56. The first-order valence-electron chi connectivity index (χ1n) is 1.35. The van der Waals surface area contributed by atoms with Crippen molar-refractivity contribution in [2.45, 2.75) is 13.8 Å². The summed E-state index contributed by atoms with van der Waals surface area (Å²) in [5.74, 6) is 0. The van der Waals surface area contributed by atoms with Crippen molar-refractivity contribution in [3.63, 3.8) is 0 Å². The summed E-state index contributed by atoms with van der Waals surface area (Å²) in [6.07, 6.45) is 0. The van der Waals surface area contributed by atoms with E-state index in [4.69, 9.17) is 0 Å². The summed E-state index contributed by atoms with van der Waals surface area (Å²) >= 11 is 0. The smallest absolute Gasteiger partial charge is 0 e. The van der Waals surface area contributed by atoms with E-state index in [0.717, 1.165) is 0 Å². The molecule has 0 aliphatic rings. The third-order valence-corrected chi connectivity index (χ3v) is 0. The van der Waals surface area contributed by atoms with E-state index < -0.39 is 0 Å². The predicted molar refractivity (Wildman–Crippen MR) is 20.5 cm³/mol. The normalized spacial score (nSPS) is 5.20. The molecule has 0 spiro atoms. The van der Waals surface area contributed by atoms with Crippen LogP contribution in [0.5, 0.6) is 0 Å². The van der Waals surface area contributed by atoms with Crippen LogP contribution in [0.15, 0.2) is 12.2 Å². The van der Waals surface area contributed by atoms with E-state index in [1.165, 1.54) is 5.57 Å². The molecule has 0 nitrogen and oxygen atoms in total. The van der Waals surface area contributed by atoms with Gasteiger partial charge in [-0.15, -0.1) is 6.58 Å². The summed E-state index contributed by atoms with van der Waals surface area (Å²) in [6.45, 7) is 7.50. The average molecular weight is 163 g/mol. The number of allylic oxidation sites excluding steroid dienone is 1. The molecule has 0 N–H and O–H groups in total. The minimum atomic E-state index is 0. The van der Waals surface area contributed by atoms with Gasteiger partial charge >= 0.3 is 0 Å². The molecule has 1 heteroatoms. The Morgan fingerprint density at radius 2 is 1.40 bits per heavy atom. The summed E-state index contributed by atoms with van der Waals surface area (Å²) in [6, 6.07) is 0. The molecular weight excluding hydrogens is 154 g/mol. The second kappa shape index (κ2) is 4.40. The average Bonchev–Trinajstić information content (AvgIpc) is 0.811. The van der Waals surface area contributed by atoms with E-state index in [2.05, 4.69) is 6.58 Å². The van der Waals surface area contributed by atoms with Gasteiger partial charge in [-0.05, 0) is 13.8 Å². The number of hydrogen-bond acceptors (Lipinski definition) is 0. The minimum absolute atomic E-state index is 0. The predicted octanol–water partition coefficient (Wildman–Crippen LogP) is 1.58. The van der Waals surface area contributed by atoms with Crippen molar-refractivity contribution < 1.29 is 20.4 Å². The van der Waals surface area contributed by atoms with Crippen LogP contribution >= 0.6 is 0 Å². The van der Waals surface area contributed by atoms with Crippen molar-refractivity contribution in [2.75, 3.05) is 0 Å². The van der Waals surface area contributed by atoms with Crippen LogP contribution in [-0.2, 0) is 20.4 Å². The molecule has 0 amide bonds. The van der Waals surface area contributed by atoms with Gasteiger partial charge in [-0.1, -0.05) is 5.57 Å². The van der Waals surface area contributed by atoms with Gasteiger partial charge in [-0.2, -0.15) is 0 Å². The molecule has 0 atom stereocenters. The summed E-state index contributed by atoms with van der Waals surface area (Å²) in [4.78, 5) is 0. The Morgan fingerprint density at radius 3 is 1.40 bits per heavy atom. The SMILES string of the molecule is C=C(C)C.[Pd]. The molecule has 0 saturated carbocycles. The second-order valence-corrected chi connectivity index (χ2v) is 1.21. The largest absolute Gasteiger partial charge is 0.100 e.